The van der Waals surface area contributed by atoms with E-state index in [9.17, 15) is 22.0 Å². The molecule has 0 aromatic rings. The van der Waals surface area contributed by atoms with Crippen molar-refractivity contribution < 1.29 is 27.1 Å². The highest BCUT2D eigenvalue weighted by Gasteiger charge is 2.35. The summed E-state index contributed by atoms with van der Waals surface area (Å²) < 4.78 is 58.6. The Morgan fingerprint density at radius 3 is 2.08 bits per heavy atom. The normalized spacial score (nSPS) is 12.2. The lowest BCUT2D eigenvalue weighted by Gasteiger charge is -2.05. The van der Waals surface area contributed by atoms with E-state index < -0.39 is 17.8 Å². The first-order valence-corrected chi connectivity index (χ1v) is 3.29. The van der Waals surface area contributed by atoms with Crippen molar-refractivity contribution in [1.82, 2.24) is 0 Å². The third-order valence-corrected chi connectivity index (χ3v) is 1.09. The molecule has 0 bridgehead atoms. The molecule has 1 N–H and O–H groups in total. The quantitative estimate of drug-likeness (QED) is 0.551. The summed E-state index contributed by atoms with van der Waals surface area (Å²) in [6.45, 7) is -0.379. The van der Waals surface area contributed by atoms with E-state index in [2.05, 4.69) is 0 Å². The van der Waals surface area contributed by atoms with E-state index in [0.717, 1.165) is 6.08 Å². The van der Waals surface area contributed by atoms with Crippen molar-refractivity contribution in [3.63, 3.8) is 0 Å². The van der Waals surface area contributed by atoms with E-state index in [-0.39, 0.29) is 19.1 Å². The van der Waals surface area contributed by atoms with Gasteiger partial charge in [0.25, 0.3) is 6.08 Å². The third-order valence-electron chi connectivity index (χ3n) is 1.09. The Kier molecular flexibility index (Phi) is 4.61. The van der Waals surface area contributed by atoms with Gasteiger partial charge in [0.05, 0.1) is 0 Å². The van der Waals surface area contributed by atoms with Gasteiger partial charge in [-0.15, -0.1) is 0 Å². The zero-order valence-corrected chi connectivity index (χ0v) is 6.41. The monoisotopic (exact) mass is 202 g/mol. The first-order chi connectivity index (χ1) is 5.89. The van der Waals surface area contributed by atoms with Crippen molar-refractivity contribution in [2.45, 2.75) is 12.6 Å². The highest BCUT2D eigenvalue weighted by atomic mass is 19.4. The summed E-state index contributed by atoms with van der Waals surface area (Å²) in [5, 5.41) is 8.18. The number of aliphatic hydroxyl groups is 1. The maximum absolute atomic E-state index is 11.7. The summed E-state index contributed by atoms with van der Waals surface area (Å²) in [6, 6.07) is 0. The van der Waals surface area contributed by atoms with Gasteiger partial charge in [0.1, 0.15) is 5.57 Å². The second kappa shape index (κ2) is 4.96. The van der Waals surface area contributed by atoms with Crippen LogP contribution in [0.15, 0.2) is 23.8 Å². The van der Waals surface area contributed by atoms with Gasteiger partial charge in [-0.3, -0.25) is 0 Å². The fraction of sp³-hybridized carbons (Fsp3) is 0.429. The minimum Gasteiger partial charge on any atom is -0.396 e. The molecule has 13 heavy (non-hydrogen) atoms. The van der Waals surface area contributed by atoms with Crippen LogP contribution >= 0.6 is 0 Å². The van der Waals surface area contributed by atoms with Crippen LogP contribution in [0.2, 0.25) is 0 Å². The van der Waals surface area contributed by atoms with Crippen LogP contribution in [-0.2, 0) is 0 Å². The van der Waals surface area contributed by atoms with E-state index in [1.54, 1.807) is 0 Å². The van der Waals surface area contributed by atoms with Gasteiger partial charge < -0.3 is 5.11 Å². The lowest BCUT2D eigenvalue weighted by atomic mass is 10.2. The van der Waals surface area contributed by atoms with E-state index in [4.69, 9.17) is 5.11 Å². The topological polar surface area (TPSA) is 20.2 Å². The smallest absolute Gasteiger partial charge is 0.396 e. The summed E-state index contributed by atoms with van der Waals surface area (Å²) >= 11 is 0. The Labute approximate surface area is 71.2 Å². The molecule has 0 aliphatic carbocycles. The summed E-state index contributed by atoms with van der Waals surface area (Å²) in [4.78, 5) is 0. The molecule has 0 saturated carbocycles. The molecule has 0 atom stereocenters. The molecular formula is C7H7F5O. The highest BCUT2D eigenvalue weighted by Crippen LogP contribution is 2.30. The van der Waals surface area contributed by atoms with Crippen molar-refractivity contribution in [3.05, 3.63) is 23.8 Å². The molecule has 0 saturated heterocycles. The first kappa shape index (κ1) is 12.1. The van der Waals surface area contributed by atoms with Gasteiger partial charge >= 0.3 is 6.18 Å². The number of hydrogen-bond donors (Lipinski definition) is 1. The summed E-state index contributed by atoms with van der Waals surface area (Å²) in [7, 11) is 0. The van der Waals surface area contributed by atoms with Gasteiger partial charge in [0, 0.05) is 6.61 Å². The summed E-state index contributed by atoms with van der Waals surface area (Å²) in [6.07, 6.45) is -6.83. The Balaban J connectivity index is 4.58. The minimum absolute atomic E-state index is 0.0904. The maximum atomic E-state index is 11.7. The van der Waals surface area contributed by atoms with Gasteiger partial charge in [-0.25, -0.2) is 0 Å². The molecule has 0 spiro atoms. The molecule has 76 valence electrons. The molecule has 0 fully saturated rings. The van der Waals surface area contributed by atoms with Crippen molar-refractivity contribution in [2.24, 2.45) is 0 Å². The minimum atomic E-state index is -5.05. The molecule has 6 heteroatoms. The molecule has 0 amide bonds. The van der Waals surface area contributed by atoms with E-state index in [1.807, 2.05) is 0 Å². The molecular weight excluding hydrogens is 195 g/mol. The van der Waals surface area contributed by atoms with Gasteiger partial charge in [-0.1, -0.05) is 6.08 Å². The number of halogens is 5. The second-order valence-electron chi connectivity index (χ2n) is 2.09. The van der Waals surface area contributed by atoms with Crippen LogP contribution in [0, 0.1) is 0 Å². The van der Waals surface area contributed by atoms with Crippen molar-refractivity contribution in [1.29, 1.82) is 0 Å². The zero-order valence-electron chi connectivity index (χ0n) is 6.41. The molecule has 1 nitrogen and oxygen atoms in total. The fourth-order valence-electron chi connectivity index (χ4n) is 0.540. The molecule has 0 aromatic heterocycles. The van der Waals surface area contributed by atoms with E-state index >= 15 is 0 Å². The lowest BCUT2D eigenvalue weighted by Crippen LogP contribution is -2.10. The van der Waals surface area contributed by atoms with Gasteiger partial charge in [-0.05, 0) is 12.5 Å². The molecule has 0 rings (SSSR count). The second-order valence-corrected chi connectivity index (χ2v) is 2.09. The fourth-order valence-corrected chi connectivity index (χ4v) is 0.540. The first-order valence-electron chi connectivity index (χ1n) is 3.29. The van der Waals surface area contributed by atoms with Crippen LogP contribution in [0.4, 0.5) is 22.0 Å². The third kappa shape index (κ3) is 4.62. The van der Waals surface area contributed by atoms with Crippen LogP contribution in [0.5, 0.6) is 0 Å². The van der Waals surface area contributed by atoms with Gasteiger partial charge in [0.2, 0.25) is 0 Å². The van der Waals surface area contributed by atoms with Crippen LogP contribution in [0.1, 0.15) is 6.42 Å². The number of alkyl halides is 3. The average molecular weight is 202 g/mol. The van der Waals surface area contributed by atoms with E-state index in [0.29, 0.717) is 0 Å². The SMILES string of the molecule is OCCC=CC(=C(F)F)C(F)(F)F. The van der Waals surface area contributed by atoms with Gasteiger partial charge in [-0.2, -0.15) is 22.0 Å². The summed E-state index contributed by atoms with van der Waals surface area (Å²) in [5.41, 5.74) is -1.97. The number of rotatable bonds is 3. The Hall–Kier alpha value is -0.910. The van der Waals surface area contributed by atoms with E-state index in [1.165, 1.54) is 0 Å². The Morgan fingerprint density at radius 2 is 1.77 bits per heavy atom. The van der Waals surface area contributed by atoms with Crippen LogP contribution in [0.25, 0.3) is 0 Å². The predicted molar refractivity (Wildman–Crippen MR) is 36.1 cm³/mol. The summed E-state index contributed by atoms with van der Waals surface area (Å²) in [5.74, 6) is 0. The predicted octanol–water partition coefficient (Wildman–Crippen LogP) is 2.64. The largest absolute Gasteiger partial charge is 0.421 e. The maximum Gasteiger partial charge on any atom is 0.421 e. The average Bonchev–Trinajstić information content (AvgIpc) is 1.94. The number of aliphatic hydroxyl groups excluding tert-OH is 1. The lowest BCUT2D eigenvalue weighted by molar-refractivity contribution is -0.0915. The van der Waals surface area contributed by atoms with Gasteiger partial charge in [0.15, 0.2) is 0 Å². The molecule has 0 heterocycles. The highest BCUT2D eigenvalue weighted by molar-refractivity contribution is 5.24. The molecule has 0 radical (unpaired) electrons. The van der Waals surface area contributed by atoms with Crippen molar-refractivity contribution in [2.75, 3.05) is 6.61 Å². The van der Waals surface area contributed by atoms with Crippen molar-refractivity contribution >= 4 is 0 Å². The zero-order chi connectivity index (χ0) is 10.5. The molecule has 0 unspecified atom stereocenters. The van der Waals surface area contributed by atoms with Crippen molar-refractivity contribution in [3.8, 4) is 0 Å². The van der Waals surface area contributed by atoms with Crippen LogP contribution in [0.3, 0.4) is 0 Å². The van der Waals surface area contributed by atoms with Crippen LogP contribution in [-0.4, -0.2) is 17.9 Å². The Morgan fingerprint density at radius 1 is 1.23 bits per heavy atom. The number of allylic oxidation sites excluding steroid dienone is 2. The Bertz CT molecular complexity index is 211. The molecule has 0 aliphatic rings. The molecule has 0 aromatic carbocycles. The van der Waals surface area contributed by atoms with Crippen LogP contribution < -0.4 is 0 Å². The molecule has 0 aliphatic heterocycles. The standard InChI is InChI=1S/C7H7F5O/c8-6(9)5(7(10,11)12)3-1-2-4-13/h1,3,13H,2,4H2. The number of hydrogen-bond acceptors (Lipinski definition) is 1.